The predicted molar refractivity (Wildman–Crippen MR) is 122 cm³/mol. The Hall–Kier alpha value is -3.17. The van der Waals surface area contributed by atoms with Crippen molar-refractivity contribution in [1.29, 1.82) is 5.26 Å². The number of halogens is 8. The van der Waals surface area contributed by atoms with Crippen LogP contribution in [0.1, 0.15) is 30.9 Å². The first-order valence-corrected chi connectivity index (χ1v) is 11.1. The minimum atomic E-state index is -5.19. The Kier molecular flexibility index (Phi) is 8.26. The molecule has 1 aliphatic rings. The Morgan fingerprint density at radius 2 is 1.89 bits per heavy atom. The largest absolute Gasteiger partial charge is 0.573 e. The van der Waals surface area contributed by atoms with Gasteiger partial charge in [-0.15, -0.1) is 13.2 Å². The second-order valence-electron chi connectivity index (χ2n) is 7.58. The number of ether oxygens (including phenoxy) is 1. The first-order chi connectivity index (χ1) is 16.8. The predicted octanol–water partition coefficient (Wildman–Crippen LogP) is 7.11. The number of alkyl halides is 6. The first-order valence-electron chi connectivity index (χ1n) is 10.3. The number of aliphatic imine (C=N–C) groups is 1. The molecule has 0 fully saturated rings. The number of nitriles is 1. The van der Waals surface area contributed by atoms with E-state index in [-0.39, 0.29) is 23.4 Å². The molecule has 1 atom stereocenters. The highest BCUT2D eigenvalue weighted by atomic mass is 35.5. The minimum absolute atomic E-state index is 0.144. The van der Waals surface area contributed by atoms with Gasteiger partial charge < -0.3 is 4.74 Å². The fourth-order valence-electron chi connectivity index (χ4n) is 3.51. The third-order valence-electron chi connectivity index (χ3n) is 5.01. The zero-order chi connectivity index (χ0) is 26.7. The van der Waals surface area contributed by atoms with Crippen LogP contribution in [0.2, 0.25) is 10.0 Å². The molecule has 0 bridgehead atoms. The van der Waals surface area contributed by atoms with Gasteiger partial charge in [0.1, 0.15) is 5.69 Å². The SMILES string of the molecule is CCCC1CN(C(=Nc2cc(C(F)(F)F)ccc2OC(F)(F)F)NC#N)N=C1c1ccc(Cl)c(Cl)c1. The summed E-state index contributed by atoms with van der Waals surface area (Å²) in [5.41, 5.74) is -0.900. The van der Waals surface area contributed by atoms with E-state index < -0.39 is 29.5 Å². The Bertz CT molecular complexity index is 1220. The van der Waals surface area contributed by atoms with Crippen LogP contribution in [-0.2, 0) is 6.18 Å². The molecular weight excluding hydrogens is 535 g/mol. The van der Waals surface area contributed by atoms with Gasteiger partial charge in [-0.25, -0.2) is 10.0 Å². The number of benzene rings is 2. The fourth-order valence-corrected chi connectivity index (χ4v) is 3.81. The average Bonchev–Trinajstić information content (AvgIpc) is 3.19. The monoisotopic (exact) mass is 551 g/mol. The van der Waals surface area contributed by atoms with Crippen LogP contribution in [0.4, 0.5) is 32.0 Å². The summed E-state index contributed by atoms with van der Waals surface area (Å²) >= 11 is 12.1. The van der Waals surface area contributed by atoms with Crippen molar-refractivity contribution >= 4 is 40.6 Å². The Labute approximate surface area is 211 Å². The number of hydrogen-bond acceptors (Lipinski definition) is 4. The Balaban J connectivity index is 2.10. The normalized spacial score (nSPS) is 16.6. The summed E-state index contributed by atoms with van der Waals surface area (Å²) in [5.74, 6) is -1.57. The van der Waals surface area contributed by atoms with E-state index in [4.69, 9.17) is 23.2 Å². The second-order valence-corrected chi connectivity index (χ2v) is 8.40. The molecule has 2 aromatic rings. The van der Waals surface area contributed by atoms with E-state index in [2.05, 4.69) is 20.1 Å². The summed E-state index contributed by atoms with van der Waals surface area (Å²) in [7, 11) is 0. The van der Waals surface area contributed by atoms with Gasteiger partial charge in [0.2, 0.25) is 5.96 Å². The quantitative estimate of drug-likeness (QED) is 0.141. The highest BCUT2D eigenvalue weighted by molar-refractivity contribution is 6.42. The van der Waals surface area contributed by atoms with Gasteiger partial charge in [-0.2, -0.15) is 23.5 Å². The maximum Gasteiger partial charge on any atom is 0.573 e. The van der Waals surface area contributed by atoms with Crippen LogP contribution in [0, 0.1) is 17.4 Å². The molecule has 0 amide bonds. The van der Waals surface area contributed by atoms with E-state index in [9.17, 15) is 31.6 Å². The van der Waals surface area contributed by atoms with E-state index in [1.807, 2.05) is 6.92 Å². The molecule has 3 rings (SSSR count). The molecular formula is C22H17Cl2F6N5O. The standard InChI is InChI=1S/C22H17Cl2F6N5O/c1-2-3-13-10-35(34-19(13)12-4-6-15(23)16(24)8-12)20(32-11-31)33-17-9-14(21(25,26)27)5-7-18(17)36-22(28,29)30/h4-9,13H,2-3,10H2,1H3,(H,32,33). The van der Waals surface area contributed by atoms with Gasteiger partial charge in [0.15, 0.2) is 11.9 Å². The molecule has 0 saturated carbocycles. The molecule has 1 aliphatic heterocycles. The fraction of sp³-hybridized carbons (Fsp3) is 0.318. The topological polar surface area (TPSA) is 73.0 Å². The summed E-state index contributed by atoms with van der Waals surface area (Å²) in [6.45, 7) is 2.08. The number of nitrogens with zero attached hydrogens (tertiary/aromatic N) is 4. The second kappa shape index (κ2) is 10.8. The Morgan fingerprint density at radius 1 is 1.17 bits per heavy atom. The van der Waals surface area contributed by atoms with Gasteiger partial charge in [-0.1, -0.05) is 42.6 Å². The zero-order valence-electron chi connectivity index (χ0n) is 18.4. The van der Waals surface area contributed by atoms with Gasteiger partial charge in [0.25, 0.3) is 0 Å². The van der Waals surface area contributed by atoms with Crippen molar-refractivity contribution in [2.45, 2.75) is 32.3 Å². The molecule has 1 unspecified atom stereocenters. The van der Waals surface area contributed by atoms with Crippen LogP contribution in [0.15, 0.2) is 46.5 Å². The number of nitrogens with one attached hydrogen (secondary N) is 1. The average molecular weight is 552 g/mol. The molecule has 192 valence electrons. The van der Waals surface area contributed by atoms with E-state index in [1.165, 1.54) is 5.01 Å². The van der Waals surface area contributed by atoms with Gasteiger partial charge in [-0.05, 0) is 42.3 Å². The van der Waals surface area contributed by atoms with Gasteiger partial charge in [0.05, 0.1) is 27.9 Å². The number of hydrogen-bond donors (Lipinski definition) is 1. The van der Waals surface area contributed by atoms with Crippen molar-refractivity contribution in [3.63, 3.8) is 0 Å². The molecule has 2 aromatic carbocycles. The molecule has 1 heterocycles. The molecule has 0 saturated heterocycles. The molecule has 36 heavy (non-hydrogen) atoms. The van der Waals surface area contributed by atoms with E-state index >= 15 is 0 Å². The van der Waals surface area contributed by atoms with E-state index in [0.29, 0.717) is 40.9 Å². The van der Waals surface area contributed by atoms with E-state index in [1.54, 1.807) is 24.4 Å². The summed E-state index contributed by atoms with van der Waals surface area (Å²) in [5, 5.41) is 17.6. The molecule has 0 radical (unpaired) electrons. The zero-order valence-corrected chi connectivity index (χ0v) is 19.9. The van der Waals surface area contributed by atoms with Crippen molar-refractivity contribution in [1.82, 2.24) is 10.3 Å². The highest BCUT2D eigenvalue weighted by Gasteiger charge is 2.36. The number of hydrazone groups is 1. The molecule has 1 N–H and O–H groups in total. The molecule has 0 spiro atoms. The highest BCUT2D eigenvalue weighted by Crippen LogP contribution is 2.39. The first kappa shape index (κ1) is 27.4. The van der Waals surface area contributed by atoms with Crippen LogP contribution >= 0.6 is 23.2 Å². The van der Waals surface area contributed by atoms with Crippen LogP contribution in [0.3, 0.4) is 0 Å². The number of guanidine groups is 1. The van der Waals surface area contributed by atoms with E-state index in [0.717, 1.165) is 6.42 Å². The molecule has 14 heteroatoms. The third kappa shape index (κ3) is 6.73. The van der Waals surface area contributed by atoms with Crippen LogP contribution in [-0.4, -0.2) is 29.6 Å². The molecule has 0 aliphatic carbocycles. The smallest absolute Gasteiger partial charge is 0.403 e. The lowest BCUT2D eigenvalue weighted by atomic mass is 9.93. The summed E-state index contributed by atoms with van der Waals surface area (Å²) < 4.78 is 82.1. The summed E-state index contributed by atoms with van der Waals surface area (Å²) in [4.78, 5) is 3.87. The lowest BCUT2D eigenvalue weighted by Crippen LogP contribution is -2.35. The van der Waals surface area contributed by atoms with Gasteiger partial charge in [-0.3, -0.25) is 5.32 Å². The molecule has 6 nitrogen and oxygen atoms in total. The van der Waals surface area contributed by atoms with Crippen LogP contribution < -0.4 is 10.1 Å². The third-order valence-corrected chi connectivity index (χ3v) is 5.75. The summed E-state index contributed by atoms with van der Waals surface area (Å²) in [6, 6.07) is 6.17. The van der Waals surface area contributed by atoms with Crippen molar-refractivity contribution in [2.75, 3.05) is 6.54 Å². The van der Waals surface area contributed by atoms with Gasteiger partial charge >= 0.3 is 12.5 Å². The summed E-state index contributed by atoms with van der Waals surface area (Å²) in [6.07, 6.45) is -7.08. The van der Waals surface area contributed by atoms with Crippen molar-refractivity contribution in [3.05, 3.63) is 57.6 Å². The lowest BCUT2D eigenvalue weighted by Gasteiger charge is -2.18. The maximum absolute atomic E-state index is 13.2. The van der Waals surface area contributed by atoms with Crippen molar-refractivity contribution in [2.24, 2.45) is 16.0 Å². The minimum Gasteiger partial charge on any atom is -0.403 e. The maximum atomic E-state index is 13.2. The lowest BCUT2D eigenvalue weighted by molar-refractivity contribution is -0.274. The van der Waals surface area contributed by atoms with Crippen molar-refractivity contribution < 1.29 is 31.1 Å². The number of rotatable bonds is 5. The van der Waals surface area contributed by atoms with Crippen LogP contribution in [0.5, 0.6) is 5.75 Å². The molecule has 0 aromatic heterocycles. The van der Waals surface area contributed by atoms with Gasteiger partial charge in [0, 0.05) is 5.92 Å². The van der Waals surface area contributed by atoms with Crippen LogP contribution in [0.25, 0.3) is 0 Å². The van der Waals surface area contributed by atoms with Crippen molar-refractivity contribution in [3.8, 4) is 11.9 Å². The Morgan fingerprint density at radius 3 is 2.47 bits per heavy atom.